The van der Waals surface area contributed by atoms with E-state index in [4.69, 9.17) is 5.11 Å². The maximum Gasteiger partial charge on any atom is 0.254 e. The van der Waals surface area contributed by atoms with Crippen molar-refractivity contribution in [3.05, 3.63) is 96.3 Å². The van der Waals surface area contributed by atoms with Crippen LogP contribution in [0.2, 0.25) is 0 Å². The number of aliphatic hydroxyl groups is 1. The van der Waals surface area contributed by atoms with Crippen LogP contribution in [0.25, 0.3) is 10.8 Å². The average molecular weight is 489 g/mol. The minimum Gasteiger partial charge on any atom is -0.396 e. The van der Waals surface area contributed by atoms with Gasteiger partial charge in [-0.2, -0.15) is 0 Å². The van der Waals surface area contributed by atoms with Crippen molar-refractivity contribution < 1.29 is 14.3 Å². The normalized spacial score (nSPS) is 18.6. The van der Waals surface area contributed by atoms with Crippen molar-refractivity contribution in [2.24, 2.45) is 5.92 Å². The maximum atomic E-state index is 13.2. The summed E-state index contributed by atoms with van der Waals surface area (Å²) in [6.07, 6.45) is 5.71. The second kappa shape index (κ2) is 12.8. The van der Waals surface area contributed by atoms with E-state index in [9.17, 15) is 9.18 Å². The van der Waals surface area contributed by atoms with Gasteiger partial charge in [0, 0.05) is 31.8 Å². The number of nitrogens with zero attached hydrogens (tertiary/aromatic N) is 2. The Kier molecular flexibility index (Phi) is 9.26. The molecule has 0 spiro atoms. The Morgan fingerprint density at radius 1 is 0.972 bits per heavy atom. The van der Waals surface area contributed by atoms with E-state index in [1.54, 1.807) is 18.2 Å². The van der Waals surface area contributed by atoms with Gasteiger partial charge in [-0.1, -0.05) is 54.6 Å². The molecule has 2 aliphatic rings. The minimum atomic E-state index is -0.162. The molecule has 5 heteroatoms. The summed E-state index contributed by atoms with van der Waals surface area (Å²) < 4.78 is 13.2. The molecule has 1 N–H and O–H groups in total. The zero-order chi connectivity index (χ0) is 25.3. The topological polar surface area (TPSA) is 43.8 Å². The molecule has 0 aromatic heterocycles. The molecule has 3 aromatic carbocycles. The summed E-state index contributed by atoms with van der Waals surface area (Å²) in [6, 6.07) is 21.1. The Labute approximate surface area is 214 Å². The number of amides is 1. The fourth-order valence-electron chi connectivity index (χ4n) is 5.39. The van der Waals surface area contributed by atoms with E-state index >= 15 is 0 Å². The number of hydrogen-bond donors (Lipinski definition) is 1. The minimum absolute atomic E-state index is 0.161. The average Bonchev–Trinajstić information content (AvgIpc) is 3.38. The fourth-order valence-corrected chi connectivity index (χ4v) is 5.39. The lowest BCUT2D eigenvalue weighted by Gasteiger charge is -2.33. The van der Waals surface area contributed by atoms with Crippen molar-refractivity contribution in [1.29, 1.82) is 0 Å². The molecule has 5 rings (SSSR count). The molecule has 4 nitrogen and oxygen atoms in total. The van der Waals surface area contributed by atoms with Gasteiger partial charge in [0.15, 0.2) is 0 Å². The number of rotatable bonds is 6. The Morgan fingerprint density at radius 3 is 2.39 bits per heavy atom. The van der Waals surface area contributed by atoms with Crippen molar-refractivity contribution in [2.75, 3.05) is 39.3 Å². The first kappa shape index (κ1) is 26.1. The van der Waals surface area contributed by atoms with Gasteiger partial charge in [0.25, 0.3) is 5.91 Å². The number of carbonyl (C=O) groups excluding carboxylic acids is 1. The summed E-state index contributed by atoms with van der Waals surface area (Å²) in [6.45, 7) is 8.53. The van der Waals surface area contributed by atoms with Crippen molar-refractivity contribution in [3.8, 4) is 0 Å². The lowest BCUT2D eigenvalue weighted by atomic mass is 9.89. The highest BCUT2D eigenvalue weighted by atomic mass is 19.1. The lowest BCUT2D eigenvalue weighted by Crippen LogP contribution is -2.37. The molecule has 3 aromatic rings. The smallest absolute Gasteiger partial charge is 0.254 e. The highest BCUT2D eigenvalue weighted by molar-refractivity contribution is 6.07. The first-order valence-electron chi connectivity index (χ1n) is 13.1. The molecule has 190 valence electrons. The van der Waals surface area contributed by atoms with E-state index < -0.39 is 0 Å². The Hall–Kier alpha value is -3.02. The van der Waals surface area contributed by atoms with Crippen LogP contribution in [-0.2, 0) is 0 Å². The Balaban J connectivity index is 0.000000556. The van der Waals surface area contributed by atoms with Crippen molar-refractivity contribution in [3.63, 3.8) is 0 Å². The molecule has 2 aliphatic heterocycles. The molecule has 0 bridgehead atoms. The van der Waals surface area contributed by atoms with E-state index in [1.165, 1.54) is 5.56 Å². The summed E-state index contributed by atoms with van der Waals surface area (Å²) in [5.41, 5.74) is 2.08. The first-order chi connectivity index (χ1) is 17.6. The van der Waals surface area contributed by atoms with Gasteiger partial charge in [0.2, 0.25) is 0 Å². The molecule has 0 unspecified atom stereocenters. The molecule has 1 amide bonds. The van der Waals surface area contributed by atoms with Gasteiger partial charge >= 0.3 is 0 Å². The van der Waals surface area contributed by atoms with Crippen LogP contribution in [0.5, 0.6) is 0 Å². The molecule has 36 heavy (non-hydrogen) atoms. The van der Waals surface area contributed by atoms with Crippen LogP contribution < -0.4 is 0 Å². The summed E-state index contributed by atoms with van der Waals surface area (Å²) in [5.74, 6) is 1.07. The SMILES string of the molecule is C=CCCO.O=C(c1cccc2ccccc12)N1CC[C@H](CN2CCC(c3ccc(F)cc3)CC2)C1. The number of aliphatic hydroxyl groups excluding tert-OH is 1. The van der Waals surface area contributed by atoms with E-state index in [0.29, 0.717) is 18.3 Å². The van der Waals surface area contributed by atoms with Gasteiger partial charge in [0.1, 0.15) is 5.82 Å². The predicted molar refractivity (Wildman–Crippen MR) is 145 cm³/mol. The van der Waals surface area contributed by atoms with Crippen LogP contribution in [0.15, 0.2) is 79.4 Å². The number of fused-ring (bicyclic) bond motifs is 1. The van der Waals surface area contributed by atoms with E-state index in [-0.39, 0.29) is 18.3 Å². The zero-order valence-electron chi connectivity index (χ0n) is 21.0. The van der Waals surface area contributed by atoms with Crippen molar-refractivity contribution in [2.45, 2.75) is 31.6 Å². The molecule has 2 saturated heterocycles. The Bertz CT molecular complexity index is 1130. The second-order valence-corrected chi connectivity index (χ2v) is 9.86. The van der Waals surface area contributed by atoms with Crippen LogP contribution in [0.4, 0.5) is 4.39 Å². The summed E-state index contributed by atoms with van der Waals surface area (Å²) in [7, 11) is 0. The zero-order valence-corrected chi connectivity index (χ0v) is 21.0. The molecule has 2 heterocycles. The number of halogens is 1. The first-order valence-corrected chi connectivity index (χ1v) is 13.1. The van der Waals surface area contributed by atoms with Gasteiger partial charge in [-0.25, -0.2) is 4.39 Å². The number of benzene rings is 3. The number of carbonyl (C=O) groups is 1. The van der Waals surface area contributed by atoms with Crippen molar-refractivity contribution >= 4 is 16.7 Å². The van der Waals surface area contributed by atoms with Crippen molar-refractivity contribution in [1.82, 2.24) is 9.80 Å². The third-order valence-electron chi connectivity index (χ3n) is 7.37. The van der Waals surface area contributed by atoms with Gasteiger partial charge in [0.05, 0.1) is 0 Å². The van der Waals surface area contributed by atoms with Gasteiger partial charge < -0.3 is 14.9 Å². The summed E-state index contributed by atoms with van der Waals surface area (Å²) in [4.78, 5) is 17.8. The fraction of sp³-hybridized carbons (Fsp3) is 0.387. The Morgan fingerprint density at radius 2 is 1.69 bits per heavy atom. The maximum absolute atomic E-state index is 13.2. The standard InChI is InChI=1S/C27H29FN2O.C4H8O/c28-24-10-8-21(9-11-24)22-13-15-29(16-14-22)18-20-12-17-30(19-20)27(31)26-7-3-5-23-4-1-2-6-25(23)26;1-2-3-4-5/h1-11,20,22H,12-19H2;2,5H,1,3-4H2/t20-;/m1./s1. The van der Waals surface area contributed by atoms with Gasteiger partial charge in [-0.05, 0) is 85.1 Å². The summed E-state index contributed by atoms with van der Waals surface area (Å²) >= 11 is 0. The monoisotopic (exact) mass is 488 g/mol. The largest absolute Gasteiger partial charge is 0.396 e. The molecule has 2 fully saturated rings. The predicted octanol–water partition coefficient (Wildman–Crippen LogP) is 5.88. The lowest BCUT2D eigenvalue weighted by molar-refractivity contribution is 0.0784. The van der Waals surface area contributed by atoms with Crippen LogP contribution in [0.1, 0.15) is 47.5 Å². The van der Waals surface area contributed by atoms with Crippen LogP contribution in [0, 0.1) is 11.7 Å². The highest BCUT2D eigenvalue weighted by Crippen LogP contribution is 2.30. The molecule has 0 saturated carbocycles. The second-order valence-electron chi connectivity index (χ2n) is 9.86. The molecular formula is C31H37FN2O2. The number of likely N-dealkylation sites (tertiary alicyclic amines) is 2. The summed E-state index contributed by atoms with van der Waals surface area (Å²) in [5, 5.41) is 10.2. The third kappa shape index (κ3) is 6.59. The van der Waals surface area contributed by atoms with E-state index in [1.807, 2.05) is 47.4 Å². The van der Waals surface area contributed by atoms with E-state index in [0.717, 1.165) is 68.3 Å². The number of hydrogen-bond acceptors (Lipinski definition) is 3. The van der Waals surface area contributed by atoms with Gasteiger partial charge in [-0.15, -0.1) is 6.58 Å². The molecule has 1 atom stereocenters. The molecule has 0 radical (unpaired) electrons. The van der Waals surface area contributed by atoms with Crippen LogP contribution >= 0.6 is 0 Å². The third-order valence-corrected chi connectivity index (χ3v) is 7.37. The molecular weight excluding hydrogens is 451 g/mol. The van der Waals surface area contributed by atoms with Crippen LogP contribution in [-0.4, -0.2) is 60.1 Å². The van der Waals surface area contributed by atoms with E-state index in [2.05, 4.69) is 23.6 Å². The highest BCUT2D eigenvalue weighted by Gasteiger charge is 2.30. The quantitative estimate of drug-likeness (QED) is 0.441. The van der Waals surface area contributed by atoms with Gasteiger partial charge in [-0.3, -0.25) is 4.79 Å². The molecule has 0 aliphatic carbocycles. The number of piperidine rings is 1. The van der Waals surface area contributed by atoms with Crippen LogP contribution in [0.3, 0.4) is 0 Å².